The predicted molar refractivity (Wildman–Crippen MR) is 78.6 cm³/mol. The number of rotatable bonds is 2. The van der Waals surface area contributed by atoms with E-state index in [1.807, 2.05) is 43.0 Å². The quantitative estimate of drug-likeness (QED) is 0.893. The van der Waals surface area contributed by atoms with Crippen LogP contribution in [0.3, 0.4) is 0 Å². The van der Waals surface area contributed by atoms with Gasteiger partial charge >= 0.3 is 6.03 Å². The summed E-state index contributed by atoms with van der Waals surface area (Å²) >= 11 is 0. The monoisotopic (exact) mass is 272 g/mol. The lowest BCUT2D eigenvalue weighted by Crippen LogP contribution is -2.52. The highest BCUT2D eigenvalue weighted by molar-refractivity contribution is 5.74. The number of amides is 2. The lowest BCUT2D eigenvalue weighted by atomic mass is 10.2. The second kappa shape index (κ2) is 6.29. The fourth-order valence-corrected chi connectivity index (χ4v) is 2.25. The molecule has 106 valence electrons. The van der Waals surface area contributed by atoms with Crippen LogP contribution in [0, 0.1) is 11.3 Å². The van der Waals surface area contributed by atoms with Crippen LogP contribution in [0.15, 0.2) is 24.3 Å². The highest BCUT2D eigenvalue weighted by atomic mass is 16.2. The zero-order valence-electron chi connectivity index (χ0n) is 12.0. The summed E-state index contributed by atoms with van der Waals surface area (Å²) in [6, 6.07) is 9.87. The Labute approximate surface area is 119 Å². The number of nitrogens with zero attached hydrogens (tertiary/aromatic N) is 3. The molecule has 0 aromatic heterocycles. The summed E-state index contributed by atoms with van der Waals surface area (Å²) in [4.78, 5) is 16.0. The molecule has 0 atom stereocenters. The summed E-state index contributed by atoms with van der Waals surface area (Å²) < 4.78 is 0. The summed E-state index contributed by atoms with van der Waals surface area (Å²) in [6.07, 6.45) is 0. The first kappa shape index (κ1) is 14.2. The van der Waals surface area contributed by atoms with Gasteiger partial charge in [-0.2, -0.15) is 5.26 Å². The van der Waals surface area contributed by atoms with Crippen LogP contribution in [0.4, 0.5) is 10.5 Å². The van der Waals surface area contributed by atoms with Gasteiger partial charge in [0.2, 0.25) is 0 Å². The molecule has 1 fully saturated rings. The largest absolute Gasteiger partial charge is 0.368 e. The number of hydrogen-bond donors (Lipinski definition) is 1. The van der Waals surface area contributed by atoms with Crippen LogP contribution in [-0.4, -0.2) is 43.2 Å². The SMILES string of the molecule is CC(C)NC(=O)N1CCN(c2ccc(C#N)cc2)CC1. The maximum atomic E-state index is 11.9. The fourth-order valence-electron chi connectivity index (χ4n) is 2.25. The molecule has 0 spiro atoms. The van der Waals surface area contributed by atoms with Crippen molar-refractivity contribution in [3.05, 3.63) is 29.8 Å². The van der Waals surface area contributed by atoms with Crippen molar-refractivity contribution < 1.29 is 4.79 Å². The first-order chi connectivity index (χ1) is 9.60. The van der Waals surface area contributed by atoms with E-state index in [0.717, 1.165) is 31.9 Å². The molecule has 0 aliphatic carbocycles. The molecule has 1 aromatic carbocycles. The van der Waals surface area contributed by atoms with Crippen molar-refractivity contribution in [2.45, 2.75) is 19.9 Å². The highest BCUT2D eigenvalue weighted by Crippen LogP contribution is 2.17. The van der Waals surface area contributed by atoms with Gasteiger partial charge in [0.05, 0.1) is 11.6 Å². The average molecular weight is 272 g/mol. The molecule has 1 aliphatic heterocycles. The number of urea groups is 1. The number of hydrogen-bond acceptors (Lipinski definition) is 3. The summed E-state index contributed by atoms with van der Waals surface area (Å²) in [5.74, 6) is 0. The second-order valence-electron chi connectivity index (χ2n) is 5.24. The van der Waals surface area contributed by atoms with Crippen LogP contribution in [0.5, 0.6) is 0 Å². The highest BCUT2D eigenvalue weighted by Gasteiger charge is 2.21. The molecular weight excluding hydrogens is 252 g/mol. The van der Waals surface area contributed by atoms with Crippen molar-refractivity contribution in [3.63, 3.8) is 0 Å². The Balaban J connectivity index is 1.90. The summed E-state index contributed by atoms with van der Waals surface area (Å²) in [5, 5.41) is 11.7. The van der Waals surface area contributed by atoms with E-state index in [0.29, 0.717) is 5.56 Å². The standard InChI is InChI=1S/C15H20N4O/c1-12(2)17-15(20)19-9-7-18(8-10-19)14-5-3-13(11-16)4-6-14/h3-6,12H,7-10H2,1-2H3,(H,17,20). The van der Waals surface area contributed by atoms with Crippen LogP contribution in [0.2, 0.25) is 0 Å². The smallest absolute Gasteiger partial charge is 0.317 e. The molecule has 1 aromatic rings. The van der Waals surface area contributed by atoms with Crippen molar-refractivity contribution >= 4 is 11.7 Å². The van der Waals surface area contributed by atoms with E-state index in [1.54, 1.807) is 0 Å². The van der Waals surface area contributed by atoms with E-state index >= 15 is 0 Å². The van der Waals surface area contributed by atoms with Gasteiger partial charge in [0.15, 0.2) is 0 Å². The van der Waals surface area contributed by atoms with Gasteiger partial charge in [0.25, 0.3) is 0 Å². The number of carbonyl (C=O) groups is 1. The molecule has 1 heterocycles. The van der Waals surface area contributed by atoms with E-state index in [4.69, 9.17) is 5.26 Å². The van der Waals surface area contributed by atoms with Crippen molar-refractivity contribution in [3.8, 4) is 6.07 Å². The first-order valence-electron chi connectivity index (χ1n) is 6.90. The van der Waals surface area contributed by atoms with Crippen molar-refractivity contribution in [2.75, 3.05) is 31.1 Å². The number of piperazine rings is 1. The zero-order chi connectivity index (χ0) is 14.5. The zero-order valence-corrected chi connectivity index (χ0v) is 12.0. The molecule has 1 aliphatic rings. The molecule has 5 heteroatoms. The third-order valence-corrected chi connectivity index (χ3v) is 3.34. The number of anilines is 1. The van der Waals surface area contributed by atoms with Gasteiger partial charge in [-0.3, -0.25) is 0 Å². The number of carbonyl (C=O) groups excluding carboxylic acids is 1. The summed E-state index contributed by atoms with van der Waals surface area (Å²) in [5.41, 5.74) is 1.77. The van der Waals surface area contributed by atoms with E-state index in [9.17, 15) is 4.79 Å². The van der Waals surface area contributed by atoms with Crippen LogP contribution < -0.4 is 10.2 Å². The molecule has 1 N–H and O–H groups in total. The Morgan fingerprint density at radius 1 is 1.20 bits per heavy atom. The number of nitriles is 1. The summed E-state index contributed by atoms with van der Waals surface area (Å²) in [6.45, 7) is 7.00. The van der Waals surface area contributed by atoms with Crippen LogP contribution in [-0.2, 0) is 0 Å². The lowest BCUT2D eigenvalue weighted by Gasteiger charge is -2.36. The summed E-state index contributed by atoms with van der Waals surface area (Å²) in [7, 11) is 0. The molecule has 0 saturated carbocycles. The minimum absolute atomic E-state index is 0.0134. The Morgan fingerprint density at radius 2 is 1.80 bits per heavy atom. The van der Waals surface area contributed by atoms with E-state index < -0.39 is 0 Å². The van der Waals surface area contributed by atoms with Gasteiger partial charge in [-0.15, -0.1) is 0 Å². The second-order valence-corrected chi connectivity index (χ2v) is 5.24. The van der Waals surface area contributed by atoms with Gasteiger partial charge in [-0.05, 0) is 38.1 Å². The van der Waals surface area contributed by atoms with Gasteiger partial charge in [0.1, 0.15) is 0 Å². The minimum atomic E-state index is 0.0134. The van der Waals surface area contributed by atoms with Crippen LogP contribution >= 0.6 is 0 Å². The molecule has 0 bridgehead atoms. The van der Waals surface area contributed by atoms with Gasteiger partial charge < -0.3 is 15.1 Å². The van der Waals surface area contributed by atoms with E-state index in [-0.39, 0.29) is 12.1 Å². The third kappa shape index (κ3) is 3.41. The van der Waals surface area contributed by atoms with Gasteiger partial charge in [0, 0.05) is 37.9 Å². The van der Waals surface area contributed by atoms with Crippen molar-refractivity contribution in [1.29, 1.82) is 5.26 Å². The average Bonchev–Trinajstić information content (AvgIpc) is 2.47. The molecule has 5 nitrogen and oxygen atoms in total. The molecule has 20 heavy (non-hydrogen) atoms. The number of nitrogens with one attached hydrogen (secondary N) is 1. The predicted octanol–water partition coefficient (Wildman–Crippen LogP) is 1.80. The lowest BCUT2D eigenvalue weighted by molar-refractivity contribution is 0.192. The normalized spacial score (nSPS) is 15.1. The fraction of sp³-hybridized carbons (Fsp3) is 0.467. The maximum absolute atomic E-state index is 11.9. The molecule has 2 rings (SSSR count). The Hall–Kier alpha value is -2.22. The minimum Gasteiger partial charge on any atom is -0.368 e. The van der Waals surface area contributed by atoms with Crippen LogP contribution in [0.1, 0.15) is 19.4 Å². The van der Waals surface area contributed by atoms with Crippen LogP contribution in [0.25, 0.3) is 0 Å². The first-order valence-corrected chi connectivity index (χ1v) is 6.90. The number of benzene rings is 1. The Bertz CT molecular complexity index is 496. The van der Waals surface area contributed by atoms with Crippen molar-refractivity contribution in [1.82, 2.24) is 10.2 Å². The van der Waals surface area contributed by atoms with E-state index in [1.165, 1.54) is 0 Å². The molecule has 2 amide bonds. The van der Waals surface area contributed by atoms with Gasteiger partial charge in [-0.25, -0.2) is 4.79 Å². The topological polar surface area (TPSA) is 59.4 Å². The molecule has 1 saturated heterocycles. The molecule has 0 unspecified atom stereocenters. The Kier molecular flexibility index (Phi) is 4.46. The van der Waals surface area contributed by atoms with Crippen molar-refractivity contribution in [2.24, 2.45) is 0 Å². The van der Waals surface area contributed by atoms with E-state index in [2.05, 4.69) is 16.3 Å². The molecule has 0 radical (unpaired) electrons. The molecular formula is C15H20N4O. The maximum Gasteiger partial charge on any atom is 0.317 e. The van der Waals surface area contributed by atoms with Gasteiger partial charge in [-0.1, -0.05) is 0 Å². The Morgan fingerprint density at radius 3 is 2.30 bits per heavy atom. The third-order valence-electron chi connectivity index (χ3n) is 3.34.